The minimum atomic E-state index is -0.0804. The molecule has 2 amide bonds. The normalized spacial score (nSPS) is 21.5. The van der Waals surface area contributed by atoms with Gasteiger partial charge in [-0.2, -0.15) is 0 Å². The number of rotatable bonds is 7. The van der Waals surface area contributed by atoms with E-state index < -0.39 is 0 Å². The number of hydrogen-bond donors (Lipinski definition) is 1. The molecule has 1 N–H and O–H groups in total. The van der Waals surface area contributed by atoms with Crippen molar-refractivity contribution in [2.45, 2.75) is 30.7 Å². The van der Waals surface area contributed by atoms with Crippen LogP contribution in [-0.2, 0) is 16.0 Å². The van der Waals surface area contributed by atoms with Gasteiger partial charge in [0.25, 0.3) is 5.91 Å². The number of amides is 2. The number of nitrogens with zero attached hydrogens (tertiary/aromatic N) is 1. The van der Waals surface area contributed by atoms with Crippen LogP contribution in [0.4, 0.5) is 0 Å². The van der Waals surface area contributed by atoms with Gasteiger partial charge in [0, 0.05) is 25.3 Å². The van der Waals surface area contributed by atoms with Gasteiger partial charge in [-0.3, -0.25) is 9.59 Å². The molecule has 152 valence electrons. The van der Waals surface area contributed by atoms with Gasteiger partial charge in [0.15, 0.2) is 0 Å². The fourth-order valence-corrected chi connectivity index (χ4v) is 5.00. The molecule has 2 aliphatic rings. The first-order valence-corrected chi connectivity index (χ1v) is 11.2. The molecule has 2 atom stereocenters. The fraction of sp³-hybridized carbons (Fsp3) is 0.391. The van der Waals surface area contributed by atoms with Gasteiger partial charge in [-0.05, 0) is 42.5 Å². The summed E-state index contributed by atoms with van der Waals surface area (Å²) in [6, 6.07) is 17.9. The molecule has 4 rings (SSSR count). The summed E-state index contributed by atoms with van der Waals surface area (Å²) in [5.41, 5.74) is 2.93. The van der Waals surface area contributed by atoms with Crippen LogP contribution in [0.2, 0.25) is 0 Å². The van der Waals surface area contributed by atoms with Crippen LogP contribution in [-0.4, -0.2) is 48.3 Å². The van der Waals surface area contributed by atoms with Gasteiger partial charge in [-0.25, -0.2) is 0 Å². The van der Waals surface area contributed by atoms with Gasteiger partial charge < -0.3 is 15.0 Å². The molecule has 2 aliphatic heterocycles. The lowest BCUT2D eigenvalue weighted by Gasteiger charge is -2.24. The van der Waals surface area contributed by atoms with Crippen LogP contribution >= 0.6 is 11.8 Å². The first kappa shape index (κ1) is 20.0. The smallest absolute Gasteiger partial charge is 0.251 e. The van der Waals surface area contributed by atoms with Crippen molar-refractivity contribution in [1.82, 2.24) is 10.2 Å². The van der Waals surface area contributed by atoms with Gasteiger partial charge in [0.2, 0.25) is 5.91 Å². The summed E-state index contributed by atoms with van der Waals surface area (Å²) in [7, 11) is 0. The largest absolute Gasteiger partial charge is 0.376 e. The Morgan fingerprint density at radius 1 is 1.14 bits per heavy atom. The maximum absolute atomic E-state index is 12.4. The minimum absolute atomic E-state index is 0.00946. The molecule has 2 aromatic rings. The molecule has 0 aliphatic carbocycles. The highest BCUT2D eigenvalue weighted by molar-refractivity contribution is 8.00. The molecular weight excluding hydrogens is 384 g/mol. The van der Waals surface area contributed by atoms with Gasteiger partial charge >= 0.3 is 0 Å². The predicted molar refractivity (Wildman–Crippen MR) is 115 cm³/mol. The molecule has 29 heavy (non-hydrogen) atoms. The zero-order valence-electron chi connectivity index (χ0n) is 16.4. The molecule has 2 aromatic carbocycles. The summed E-state index contributed by atoms with van der Waals surface area (Å²) in [5, 5.41) is 2.96. The monoisotopic (exact) mass is 410 g/mol. The zero-order chi connectivity index (χ0) is 20.1. The SMILES string of the molecule is O=C(NC[C@H]1CCCO1)c1ccc([C@H]2SCC(=O)N2CCc2ccccc2)cc1. The number of thioether (sulfide) groups is 1. The van der Waals surface area contributed by atoms with E-state index in [0.29, 0.717) is 24.4 Å². The van der Waals surface area contributed by atoms with Crippen LogP contribution in [0.15, 0.2) is 54.6 Å². The molecule has 2 saturated heterocycles. The number of ether oxygens (including phenoxy) is 1. The van der Waals surface area contributed by atoms with Crippen LogP contribution in [0.5, 0.6) is 0 Å². The first-order chi connectivity index (χ1) is 14.2. The Labute approximate surface area is 175 Å². The highest BCUT2D eigenvalue weighted by atomic mass is 32.2. The van der Waals surface area contributed by atoms with Crippen molar-refractivity contribution >= 4 is 23.6 Å². The summed E-state index contributed by atoms with van der Waals surface area (Å²) < 4.78 is 5.55. The number of carbonyl (C=O) groups is 2. The molecule has 2 heterocycles. The standard InChI is InChI=1S/C23H26N2O3S/c26-21-16-29-23(25(21)13-12-17-5-2-1-3-6-17)19-10-8-18(9-11-19)22(27)24-15-20-7-4-14-28-20/h1-3,5-6,8-11,20,23H,4,7,12-16H2,(H,24,27)/t20-,23-/m1/s1. The van der Waals surface area contributed by atoms with Gasteiger partial charge in [0.1, 0.15) is 5.37 Å². The van der Waals surface area contributed by atoms with Crippen LogP contribution in [0.3, 0.4) is 0 Å². The third kappa shape index (κ3) is 5.00. The summed E-state index contributed by atoms with van der Waals surface area (Å²) >= 11 is 1.65. The summed E-state index contributed by atoms with van der Waals surface area (Å²) in [6.45, 7) is 2.04. The maximum atomic E-state index is 12.4. The van der Waals surface area contributed by atoms with E-state index in [-0.39, 0.29) is 23.3 Å². The number of hydrogen-bond acceptors (Lipinski definition) is 4. The average molecular weight is 411 g/mol. The molecule has 0 unspecified atom stereocenters. The fourth-order valence-electron chi connectivity index (χ4n) is 3.78. The lowest BCUT2D eigenvalue weighted by Crippen LogP contribution is -2.32. The molecule has 5 nitrogen and oxygen atoms in total. The Kier molecular flexibility index (Phi) is 6.52. The van der Waals surface area contributed by atoms with E-state index in [9.17, 15) is 9.59 Å². The van der Waals surface area contributed by atoms with Crippen molar-refractivity contribution in [1.29, 1.82) is 0 Å². The predicted octanol–water partition coefficient (Wildman–Crippen LogP) is 3.41. The topological polar surface area (TPSA) is 58.6 Å². The van der Waals surface area contributed by atoms with Gasteiger partial charge in [-0.15, -0.1) is 11.8 Å². The van der Waals surface area contributed by atoms with Gasteiger partial charge in [0.05, 0.1) is 11.9 Å². The van der Waals surface area contributed by atoms with Crippen molar-refractivity contribution in [2.75, 3.05) is 25.4 Å². The van der Waals surface area contributed by atoms with Crippen molar-refractivity contribution in [2.24, 2.45) is 0 Å². The molecular formula is C23H26N2O3S. The van der Waals surface area contributed by atoms with Crippen LogP contribution in [0.1, 0.15) is 39.7 Å². The Morgan fingerprint density at radius 2 is 1.93 bits per heavy atom. The van der Waals surface area contributed by atoms with E-state index in [1.165, 1.54) is 5.56 Å². The van der Waals surface area contributed by atoms with Crippen molar-refractivity contribution in [3.63, 3.8) is 0 Å². The Morgan fingerprint density at radius 3 is 2.66 bits per heavy atom. The zero-order valence-corrected chi connectivity index (χ0v) is 17.2. The average Bonchev–Trinajstić information content (AvgIpc) is 3.41. The number of carbonyl (C=O) groups excluding carboxylic acids is 2. The lowest BCUT2D eigenvalue weighted by atomic mass is 10.1. The van der Waals surface area contributed by atoms with E-state index in [0.717, 1.165) is 31.4 Å². The third-order valence-electron chi connectivity index (χ3n) is 5.42. The van der Waals surface area contributed by atoms with Crippen molar-refractivity contribution in [3.8, 4) is 0 Å². The third-order valence-corrected chi connectivity index (χ3v) is 6.68. The second-order valence-electron chi connectivity index (χ2n) is 7.45. The summed E-state index contributed by atoms with van der Waals surface area (Å²) in [4.78, 5) is 26.7. The van der Waals surface area contributed by atoms with E-state index in [4.69, 9.17) is 4.74 Å². The van der Waals surface area contributed by atoms with E-state index in [2.05, 4.69) is 17.4 Å². The van der Waals surface area contributed by atoms with Crippen LogP contribution in [0, 0.1) is 0 Å². The molecule has 0 aromatic heterocycles. The van der Waals surface area contributed by atoms with E-state index in [1.54, 1.807) is 11.8 Å². The van der Waals surface area contributed by atoms with Crippen molar-refractivity contribution < 1.29 is 14.3 Å². The quantitative estimate of drug-likeness (QED) is 0.760. The Balaban J connectivity index is 1.36. The molecule has 0 radical (unpaired) electrons. The van der Waals surface area contributed by atoms with Crippen LogP contribution in [0.25, 0.3) is 0 Å². The summed E-state index contributed by atoms with van der Waals surface area (Å²) in [5.74, 6) is 0.598. The Bertz CT molecular complexity index is 835. The second kappa shape index (κ2) is 9.46. The molecule has 6 heteroatoms. The van der Waals surface area contributed by atoms with E-state index in [1.807, 2.05) is 47.4 Å². The number of benzene rings is 2. The second-order valence-corrected chi connectivity index (χ2v) is 8.52. The first-order valence-electron chi connectivity index (χ1n) is 10.2. The molecule has 0 saturated carbocycles. The Hall–Kier alpha value is -2.31. The van der Waals surface area contributed by atoms with Crippen molar-refractivity contribution in [3.05, 3.63) is 71.3 Å². The maximum Gasteiger partial charge on any atom is 0.251 e. The van der Waals surface area contributed by atoms with Gasteiger partial charge in [-0.1, -0.05) is 42.5 Å². The lowest BCUT2D eigenvalue weighted by molar-refractivity contribution is -0.128. The molecule has 0 bridgehead atoms. The van der Waals surface area contributed by atoms with Crippen LogP contribution < -0.4 is 5.32 Å². The minimum Gasteiger partial charge on any atom is -0.376 e. The summed E-state index contributed by atoms with van der Waals surface area (Å²) in [6.07, 6.45) is 3.05. The highest BCUT2D eigenvalue weighted by Crippen LogP contribution is 2.38. The number of nitrogens with one attached hydrogen (secondary N) is 1. The molecule has 2 fully saturated rings. The van der Waals surface area contributed by atoms with E-state index >= 15 is 0 Å². The molecule has 0 spiro atoms. The highest BCUT2D eigenvalue weighted by Gasteiger charge is 2.32.